The Morgan fingerprint density at radius 2 is 1.85 bits per heavy atom. The van der Waals surface area contributed by atoms with Crippen molar-refractivity contribution >= 4 is 33.5 Å². The maximum absolute atomic E-state index is 13.3. The molecule has 12 heteroatoms. The molecule has 0 radical (unpaired) electrons. The molecule has 0 saturated carbocycles. The summed E-state index contributed by atoms with van der Waals surface area (Å²) in [6, 6.07) is 5.24. The molecule has 176 valence electrons. The summed E-state index contributed by atoms with van der Waals surface area (Å²) in [4.78, 5) is 45.5. The number of hydrogen-bond donors (Lipinski definition) is 1. The van der Waals surface area contributed by atoms with E-state index in [0.29, 0.717) is 0 Å². The van der Waals surface area contributed by atoms with Gasteiger partial charge in [-0.25, -0.2) is 9.78 Å². The van der Waals surface area contributed by atoms with Crippen LogP contribution in [0, 0.1) is 0 Å². The number of rotatable bonds is 7. The van der Waals surface area contributed by atoms with Crippen LogP contribution in [0.5, 0.6) is 0 Å². The third-order valence-electron chi connectivity index (χ3n) is 4.81. The lowest BCUT2D eigenvalue weighted by atomic mass is 10.1. The summed E-state index contributed by atoms with van der Waals surface area (Å²) in [5.41, 5.74) is -1.08. The fourth-order valence-electron chi connectivity index (χ4n) is 3.36. The first-order valence-corrected chi connectivity index (χ1v) is 10.4. The van der Waals surface area contributed by atoms with Gasteiger partial charge in [0.2, 0.25) is 0 Å². The first-order chi connectivity index (χ1) is 15.5. The van der Waals surface area contributed by atoms with Gasteiger partial charge in [-0.2, -0.15) is 13.2 Å². The molecule has 0 aliphatic heterocycles. The quantitative estimate of drug-likeness (QED) is 0.515. The van der Waals surface area contributed by atoms with Gasteiger partial charge in [-0.3, -0.25) is 14.5 Å². The third kappa shape index (κ3) is 5.40. The van der Waals surface area contributed by atoms with Crippen LogP contribution in [0.1, 0.15) is 32.2 Å². The molecule has 0 atom stereocenters. The number of thiophene rings is 1. The lowest BCUT2D eigenvalue weighted by molar-refractivity contribution is -0.140. The Kier molecular flexibility index (Phi) is 7.18. The number of fused-ring (bicyclic) bond motifs is 1. The van der Waals surface area contributed by atoms with Crippen molar-refractivity contribution in [2.24, 2.45) is 0 Å². The van der Waals surface area contributed by atoms with Crippen molar-refractivity contribution in [3.63, 3.8) is 0 Å². The smallest absolute Gasteiger partial charge is 0.416 e. The fraction of sp³-hybridized carbons (Fsp3) is 0.333. The minimum atomic E-state index is -4.49. The maximum atomic E-state index is 13.3. The second-order valence-electron chi connectivity index (χ2n) is 7.17. The standard InChI is InChI=1S/C21H20F3N3O5S/c1-27(9-11-6-4-5-7-13(11)21(22,23)24)10-14-25-18(29)16-12(8-15(28)31-2)17(20(30)32-3)33-19(16)26-14/h4-7H,8-10H2,1-3H3,(H,25,26,29). The predicted molar refractivity (Wildman–Crippen MR) is 114 cm³/mol. The van der Waals surface area contributed by atoms with E-state index in [0.717, 1.165) is 17.4 Å². The molecule has 0 saturated heterocycles. The van der Waals surface area contributed by atoms with E-state index in [4.69, 9.17) is 4.74 Å². The highest BCUT2D eigenvalue weighted by atomic mass is 32.1. The second kappa shape index (κ2) is 9.71. The van der Waals surface area contributed by atoms with Gasteiger partial charge in [0.05, 0.1) is 38.1 Å². The molecule has 0 amide bonds. The number of nitrogens with zero attached hydrogens (tertiary/aromatic N) is 2. The molecule has 0 bridgehead atoms. The maximum Gasteiger partial charge on any atom is 0.416 e. The van der Waals surface area contributed by atoms with E-state index in [9.17, 15) is 27.6 Å². The number of aromatic amines is 1. The molecule has 1 N–H and O–H groups in total. The van der Waals surface area contributed by atoms with Crippen molar-refractivity contribution in [2.75, 3.05) is 21.3 Å². The first kappa shape index (κ1) is 24.4. The van der Waals surface area contributed by atoms with Crippen LogP contribution in [-0.4, -0.2) is 48.1 Å². The highest BCUT2D eigenvalue weighted by Gasteiger charge is 2.33. The summed E-state index contributed by atoms with van der Waals surface area (Å²) in [7, 11) is 3.95. The average molecular weight is 483 g/mol. The topological polar surface area (TPSA) is 102 Å². The van der Waals surface area contributed by atoms with Crippen LogP contribution in [0.4, 0.5) is 13.2 Å². The van der Waals surface area contributed by atoms with E-state index >= 15 is 0 Å². The second-order valence-corrected chi connectivity index (χ2v) is 8.17. The highest BCUT2D eigenvalue weighted by molar-refractivity contribution is 7.20. The van der Waals surface area contributed by atoms with Crippen molar-refractivity contribution < 1.29 is 32.2 Å². The number of methoxy groups -OCH3 is 2. The molecule has 2 aromatic heterocycles. The summed E-state index contributed by atoms with van der Waals surface area (Å²) >= 11 is 0.894. The molecule has 0 spiro atoms. The van der Waals surface area contributed by atoms with Crippen molar-refractivity contribution in [1.82, 2.24) is 14.9 Å². The SMILES string of the molecule is COC(=O)Cc1c(C(=O)OC)sc2nc(CN(C)Cc3ccccc3C(F)(F)F)[nH]c(=O)c12. The summed E-state index contributed by atoms with van der Waals surface area (Å²) < 4.78 is 49.2. The summed E-state index contributed by atoms with van der Waals surface area (Å²) in [5, 5.41) is 0.0691. The van der Waals surface area contributed by atoms with Crippen LogP contribution >= 0.6 is 11.3 Å². The lowest BCUT2D eigenvalue weighted by Crippen LogP contribution is -2.23. The van der Waals surface area contributed by atoms with Crippen LogP contribution in [0.15, 0.2) is 29.1 Å². The van der Waals surface area contributed by atoms with Gasteiger partial charge >= 0.3 is 18.1 Å². The zero-order valence-corrected chi connectivity index (χ0v) is 18.7. The van der Waals surface area contributed by atoms with Gasteiger partial charge in [0.15, 0.2) is 0 Å². The number of carbonyl (C=O) groups is 2. The van der Waals surface area contributed by atoms with Crippen LogP contribution in [0.25, 0.3) is 10.2 Å². The molecule has 33 heavy (non-hydrogen) atoms. The number of benzene rings is 1. The Hall–Kier alpha value is -3.25. The molecule has 0 unspecified atom stereocenters. The average Bonchev–Trinajstić information content (AvgIpc) is 3.11. The molecular formula is C21H20F3N3O5S. The van der Waals surface area contributed by atoms with Crippen LogP contribution < -0.4 is 5.56 Å². The largest absolute Gasteiger partial charge is 0.469 e. The molecule has 1 aromatic carbocycles. The Balaban J connectivity index is 1.94. The first-order valence-electron chi connectivity index (χ1n) is 9.58. The van der Waals surface area contributed by atoms with E-state index in [1.54, 1.807) is 11.9 Å². The number of nitrogens with one attached hydrogen (secondary N) is 1. The van der Waals surface area contributed by atoms with E-state index in [1.807, 2.05) is 0 Å². The van der Waals surface area contributed by atoms with E-state index in [-0.39, 0.29) is 51.6 Å². The zero-order chi connectivity index (χ0) is 24.3. The van der Waals surface area contributed by atoms with Gasteiger partial charge in [0.1, 0.15) is 15.5 Å². The number of hydrogen-bond acceptors (Lipinski definition) is 8. The van der Waals surface area contributed by atoms with Gasteiger partial charge in [0, 0.05) is 12.1 Å². The molecule has 3 aromatic rings. The normalized spacial score (nSPS) is 11.7. The molecule has 0 fully saturated rings. The number of carbonyl (C=O) groups excluding carboxylic acids is 2. The van der Waals surface area contributed by atoms with Crippen LogP contribution in [-0.2, 0) is 40.0 Å². The third-order valence-corrected chi connectivity index (χ3v) is 5.92. The Morgan fingerprint density at radius 1 is 1.15 bits per heavy atom. The Labute approximate surface area is 190 Å². The van der Waals surface area contributed by atoms with Gasteiger partial charge in [-0.15, -0.1) is 11.3 Å². The lowest BCUT2D eigenvalue weighted by Gasteiger charge is -2.19. The molecule has 3 rings (SSSR count). The highest BCUT2D eigenvalue weighted by Crippen LogP contribution is 2.32. The minimum absolute atomic E-state index is 0.0369. The Morgan fingerprint density at radius 3 is 2.48 bits per heavy atom. The van der Waals surface area contributed by atoms with E-state index in [2.05, 4.69) is 14.7 Å². The Bertz CT molecular complexity index is 1250. The van der Waals surface area contributed by atoms with E-state index in [1.165, 1.54) is 32.4 Å². The van der Waals surface area contributed by atoms with Crippen molar-refractivity contribution in [2.45, 2.75) is 25.7 Å². The summed E-state index contributed by atoms with van der Waals surface area (Å²) in [6.45, 7) is -0.00195. The molecule has 2 heterocycles. The minimum Gasteiger partial charge on any atom is -0.469 e. The van der Waals surface area contributed by atoms with Crippen molar-refractivity contribution in [3.8, 4) is 0 Å². The van der Waals surface area contributed by atoms with Gasteiger partial charge in [0.25, 0.3) is 5.56 Å². The number of aromatic nitrogens is 2. The number of esters is 2. The van der Waals surface area contributed by atoms with Gasteiger partial charge in [-0.05, 0) is 18.7 Å². The van der Waals surface area contributed by atoms with Crippen LogP contribution in [0.2, 0.25) is 0 Å². The summed E-state index contributed by atoms with van der Waals surface area (Å²) in [6.07, 6.45) is -4.81. The number of alkyl halides is 3. The molecule has 0 aliphatic carbocycles. The molecular weight excluding hydrogens is 463 g/mol. The number of H-pyrrole nitrogens is 1. The van der Waals surface area contributed by atoms with Crippen molar-refractivity contribution in [3.05, 3.63) is 62.0 Å². The fourth-order valence-corrected chi connectivity index (χ4v) is 4.49. The zero-order valence-electron chi connectivity index (χ0n) is 17.9. The summed E-state index contributed by atoms with van der Waals surface area (Å²) in [5.74, 6) is -1.17. The molecule has 0 aliphatic rings. The number of ether oxygens (including phenoxy) is 2. The number of halogens is 3. The monoisotopic (exact) mass is 483 g/mol. The predicted octanol–water partition coefficient (Wildman–Crippen LogP) is 3.14. The van der Waals surface area contributed by atoms with Crippen LogP contribution in [0.3, 0.4) is 0 Å². The van der Waals surface area contributed by atoms with Gasteiger partial charge in [-0.1, -0.05) is 18.2 Å². The van der Waals surface area contributed by atoms with Crippen molar-refractivity contribution in [1.29, 1.82) is 0 Å². The molecule has 8 nitrogen and oxygen atoms in total. The van der Waals surface area contributed by atoms with E-state index < -0.39 is 29.2 Å². The van der Waals surface area contributed by atoms with Gasteiger partial charge < -0.3 is 14.5 Å².